The molecular formula is C45H35N3. The largest absolute Gasteiger partial charge is 0.313 e. The van der Waals surface area contributed by atoms with E-state index >= 15 is 0 Å². The van der Waals surface area contributed by atoms with Gasteiger partial charge >= 0.3 is 0 Å². The lowest BCUT2D eigenvalue weighted by molar-refractivity contribution is 1.00. The fraction of sp³-hybridized carbons (Fsp3) is 0.0444. The number of para-hydroxylation sites is 3. The molecular weight excluding hydrogens is 583 g/mol. The molecule has 48 heavy (non-hydrogen) atoms. The Hall–Kier alpha value is -6.19. The monoisotopic (exact) mass is 617 g/mol. The van der Waals surface area contributed by atoms with Crippen LogP contribution < -0.4 is 4.90 Å². The first-order valence-corrected chi connectivity index (χ1v) is 16.4. The Morgan fingerprint density at radius 3 is 1.94 bits per heavy atom. The second kappa shape index (κ2) is 12.5. The lowest BCUT2D eigenvalue weighted by Gasteiger charge is -2.27. The van der Waals surface area contributed by atoms with Crippen LogP contribution in [-0.4, -0.2) is 9.55 Å². The van der Waals surface area contributed by atoms with E-state index in [1.54, 1.807) is 0 Å². The van der Waals surface area contributed by atoms with E-state index in [1.807, 2.05) is 6.08 Å². The van der Waals surface area contributed by atoms with E-state index < -0.39 is 0 Å². The third-order valence-electron chi connectivity index (χ3n) is 9.11. The van der Waals surface area contributed by atoms with Gasteiger partial charge in [-0.15, -0.1) is 6.58 Å². The second-order valence-electron chi connectivity index (χ2n) is 12.1. The number of aromatic nitrogens is 2. The quantitative estimate of drug-likeness (QED) is 0.125. The molecule has 0 N–H and O–H groups in total. The summed E-state index contributed by atoms with van der Waals surface area (Å²) in [5, 5.41) is 4.64. The summed E-state index contributed by atoms with van der Waals surface area (Å²) < 4.78 is 2.37. The van der Waals surface area contributed by atoms with Crippen molar-refractivity contribution in [1.29, 1.82) is 0 Å². The van der Waals surface area contributed by atoms with Crippen molar-refractivity contribution >= 4 is 50.2 Å². The lowest BCUT2D eigenvalue weighted by atomic mass is 10.0. The average molecular weight is 618 g/mol. The zero-order valence-electron chi connectivity index (χ0n) is 26.9. The van der Waals surface area contributed by atoms with Crippen LogP contribution in [0.3, 0.4) is 0 Å². The van der Waals surface area contributed by atoms with Gasteiger partial charge in [0.25, 0.3) is 0 Å². The van der Waals surface area contributed by atoms with Gasteiger partial charge in [-0.2, -0.15) is 0 Å². The third kappa shape index (κ3) is 5.16. The Labute approximate surface area is 281 Å². The van der Waals surface area contributed by atoms with Crippen molar-refractivity contribution in [3.8, 4) is 16.8 Å². The second-order valence-corrected chi connectivity index (χ2v) is 12.1. The van der Waals surface area contributed by atoms with Crippen LogP contribution >= 0.6 is 0 Å². The molecule has 0 amide bonds. The lowest BCUT2D eigenvalue weighted by Crippen LogP contribution is -2.16. The van der Waals surface area contributed by atoms with Gasteiger partial charge in [0.05, 0.1) is 11.0 Å². The highest BCUT2D eigenvalue weighted by Gasteiger charge is 2.21. The normalized spacial score (nSPS) is 11.7. The predicted octanol–water partition coefficient (Wildman–Crippen LogP) is 11.9. The first-order valence-electron chi connectivity index (χ1n) is 16.4. The van der Waals surface area contributed by atoms with E-state index in [2.05, 4.69) is 187 Å². The van der Waals surface area contributed by atoms with E-state index in [-0.39, 0.29) is 0 Å². The minimum absolute atomic E-state index is 0.728. The van der Waals surface area contributed by atoms with Crippen LogP contribution in [0.4, 0.5) is 11.5 Å². The van der Waals surface area contributed by atoms with Gasteiger partial charge in [0.1, 0.15) is 5.82 Å². The number of hydrogen-bond donors (Lipinski definition) is 0. The Kier molecular flexibility index (Phi) is 7.64. The zero-order chi connectivity index (χ0) is 32.5. The molecule has 0 saturated carbocycles. The fourth-order valence-corrected chi connectivity index (χ4v) is 6.95. The van der Waals surface area contributed by atoms with Crippen LogP contribution in [-0.2, 0) is 6.42 Å². The minimum atomic E-state index is 0.728. The van der Waals surface area contributed by atoms with Crippen LogP contribution in [0.15, 0.2) is 176 Å². The topological polar surface area (TPSA) is 21.1 Å². The summed E-state index contributed by atoms with van der Waals surface area (Å²) in [6.45, 7) is 6.35. The van der Waals surface area contributed by atoms with Crippen LogP contribution in [0.25, 0.3) is 55.5 Å². The highest BCUT2D eigenvalue weighted by Crippen LogP contribution is 2.40. The predicted molar refractivity (Wildman–Crippen MR) is 204 cm³/mol. The molecule has 230 valence electrons. The number of benzene rings is 6. The molecule has 3 nitrogen and oxygen atoms in total. The van der Waals surface area contributed by atoms with Gasteiger partial charge in [0.2, 0.25) is 0 Å². The van der Waals surface area contributed by atoms with Gasteiger partial charge < -0.3 is 4.57 Å². The van der Waals surface area contributed by atoms with E-state index in [0.717, 1.165) is 45.6 Å². The molecule has 0 atom stereocenters. The molecule has 0 unspecified atom stereocenters. The number of rotatable bonds is 8. The van der Waals surface area contributed by atoms with Crippen LogP contribution in [0.5, 0.6) is 0 Å². The van der Waals surface area contributed by atoms with E-state index in [0.29, 0.717) is 0 Å². The minimum Gasteiger partial charge on any atom is -0.313 e. The van der Waals surface area contributed by atoms with E-state index in [1.165, 1.54) is 38.7 Å². The molecule has 8 aromatic rings. The molecule has 6 aromatic carbocycles. The molecule has 0 bridgehead atoms. The maximum atomic E-state index is 5.36. The summed E-state index contributed by atoms with van der Waals surface area (Å²) in [5.74, 6) is 0.905. The molecule has 0 fully saturated rings. The Bertz CT molecular complexity index is 2440. The smallest absolute Gasteiger partial charge is 0.145 e. The first kappa shape index (κ1) is 29.2. The van der Waals surface area contributed by atoms with E-state index in [4.69, 9.17) is 4.98 Å². The highest BCUT2D eigenvalue weighted by atomic mass is 15.2. The Morgan fingerprint density at radius 1 is 0.625 bits per heavy atom. The number of pyridine rings is 1. The molecule has 0 aliphatic heterocycles. The van der Waals surface area contributed by atoms with Crippen LogP contribution in [0.2, 0.25) is 0 Å². The van der Waals surface area contributed by atoms with Crippen LogP contribution in [0, 0.1) is 0 Å². The zero-order valence-corrected chi connectivity index (χ0v) is 26.9. The van der Waals surface area contributed by atoms with Crippen molar-refractivity contribution in [2.45, 2.75) is 13.3 Å². The summed E-state index contributed by atoms with van der Waals surface area (Å²) in [6.07, 6.45) is 5.06. The van der Waals surface area contributed by atoms with Gasteiger partial charge in [-0.05, 0) is 65.9 Å². The maximum absolute atomic E-state index is 5.36. The van der Waals surface area contributed by atoms with Crippen molar-refractivity contribution < 1.29 is 0 Å². The number of nitrogens with zero attached hydrogens (tertiary/aromatic N) is 3. The number of anilines is 2. The van der Waals surface area contributed by atoms with Crippen molar-refractivity contribution in [3.63, 3.8) is 0 Å². The number of fused-ring (bicyclic) bond motifs is 4. The van der Waals surface area contributed by atoms with Crippen molar-refractivity contribution in [3.05, 3.63) is 187 Å². The maximum Gasteiger partial charge on any atom is 0.145 e. The summed E-state index contributed by atoms with van der Waals surface area (Å²) in [5.41, 5.74) is 10.2. The molecule has 8 rings (SSSR count). The summed E-state index contributed by atoms with van der Waals surface area (Å²) in [4.78, 5) is 7.68. The highest BCUT2D eigenvalue weighted by molar-refractivity contribution is 6.11. The molecule has 2 heterocycles. The molecule has 0 radical (unpaired) electrons. The molecule has 0 aliphatic carbocycles. The van der Waals surface area contributed by atoms with Gasteiger partial charge in [-0.3, -0.25) is 4.90 Å². The Morgan fingerprint density at radius 2 is 1.21 bits per heavy atom. The molecule has 0 spiro atoms. The Balaban J connectivity index is 1.38. The fourth-order valence-electron chi connectivity index (χ4n) is 6.95. The molecule has 2 aromatic heterocycles. The van der Waals surface area contributed by atoms with Crippen molar-refractivity contribution in [1.82, 2.24) is 9.55 Å². The summed E-state index contributed by atoms with van der Waals surface area (Å²) in [6, 6.07) is 55.7. The number of allylic oxidation sites excluding steroid dienone is 2. The van der Waals surface area contributed by atoms with Crippen molar-refractivity contribution in [2.75, 3.05) is 4.90 Å². The molecule has 3 heteroatoms. The standard InChI is InChI=1S/C45H35N3/c1-3-16-43-41(39-23-13-15-26-44(39)48(43)35-19-8-5-9-20-35)31-32(2)47(36-29-27-34(28-30-36)33-17-6-4-7-18-33)45-40-24-11-10-21-37(40)38-22-12-14-25-42(38)46-45/h3-15,17-31H,1,16H2,2H3/b32-31+. The van der Waals surface area contributed by atoms with Gasteiger partial charge in [0.15, 0.2) is 0 Å². The first-order chi connectivity index (χ1) is 23.7. The molecule has 0 aliphatic rings. The summed E-state index contributed by atoms with van der Waals surface area (Å²) in [7, 11) is 0. The number of hydrogen-bond acceptors (Lipinski definition) is 2. The SMILES string of the molecule is C=CCc1c(/C=C(\C)N(c2ccc(-c3ccccc3)cc2)c2nc3ccccc3c3ccccc23)c2ccccc2n1-c1ccccc1. The summed E-state index contributed by atoms with van der Waals surface area (Å²) >= 11 is 0. The van der Waals surface area contributed by atoms with Crippen LogP contribution in [0.1, 0.15) is 18.2 Å². The average Bonchev–Trinajstić information content (AvgIpc) is 3.45. The molecule has 0 saturated heterocycles. The van der Waals surface area contributed by atoms with Gasteiger partial charge in [-0.1, -0.05) is 127 Å². The third-order valence-corrected chi connectivity index (χ3v) is 9.11. The van der Waals surface area contributed by atoms with Crippen molar-refractivity contribution in [2.24, 2.45) is 0 Å². The van der Waals surface area contributed by atoms with Gasteiger partial charge in [0, 0.05) is 50.9 Å². The van der Waals surface area contributed by atoms with E-state index in [9.17, 15) is 0 Å². The van der Waals surface area contributed by atoms with Gasteiger partial charge in [-0.25, -0.2) is 4.98 Å².